The zero-order valence-corrected chi connectivity index (χ0v) is 42.9. The average molecular weight is 927 g/mol. The molecule has 0 bridgehead atoms. The van der Waals surface area contributed by atoms with Gasteiger partial charge < -0.3 is 14.2 Å². The van der Waals surface area contributed by atoms with Crippen molar-refractivity contribution in [2.24, 2.45) is 0 Å². The molecular formula is C64H58N2OSi2. The highest BCUT2D eigenvalue weighted by molar-refractivity contribution is 6.89. The van der Waals surface area contributed by atoms with Gasteiger partial charge in [-0.15, -0.1) is 0 Å². The average Bonchev–Trinajstić information content (AvgIpc) is 3.69. The van der Waals surface area contributed by atoms with Gasteiger partial charge in [0.25, 0.3) is 0 Å². The van der Waals surface area contributed by atoms with Crippen LogP contribution in [-0.2, 0) is 0 Å². The molecule has 3 nitrogen and oxygen atoms in total. The number of anilines is 6. The van der Waals surface area contributed by atoms with Crippen LogP contribution in [0.3, 0.4) is 0 Å². The standard InChI is InChI=1S/C64H58N2OSi2/c1-43-17-15-23-57(45-19-11-9-12-20-45)63(43)65(51-29-33-55(34-30-51)68(3,4)5)53-27-25-47-39-59-60-40-48-26-28-54(38-50(48)42-62(60)67-61(59)41-49(47)37-53)66(52-31-35-56(36-32-52)69(6,7)8)64-44(2)18-16-24-58(64)46-21-13-10-14-22-46/h9-42H,1-8H3. The molecule has 0 unspecified atom stereocenters. The maximum absolute atomic E-state index is 6.87. The lowest BCUT2D eigenvalue weighted by atomic mass is 9.97. The molecule has 0 aliphatic carbocycles. The highest BCUT2D eigenvalue weighted by atomic mass is 28.3. The van der Waals surface area contributed by atoms with Gasteiger partial charge >= 0.3 is 0 Å². The van der Waals surface area contributed by atoms with Crippen LogP contribution in [0.1, 0.15) is 11.1 Å². The summed E-state index contributed by atoms with van der Waals surface area (Å²) in [6.07, 6.45) is 0. The Balaban J connectivity index is 1.04. The molecule has 69 heavy (non-hydrogen) atoms. The van der Waals surface area contributed by atoms with Crippen molar-refractivity contribution in [3.8, 4) is 22.3 Å². The van der Waals surface area contributed by atoms with E-state index in [1.54, 1.807) is 0 Å². The van der Waals surface area contributed by atoms with Crippen molar-refractivity contribution in [1.29, 1.82) is 0 Å². The Morgan fingerprint density at radius 3 is 1.09 bits per heavy atom. The van der Waals surface area contributed by atoms with Gasteiger partial charge in [-0.25, -0.2) is 0 Å². The summed E-state index contributed by atoms with van der Waals surface area (Å²) in [7, 11) is -3.01. The number of hydrogen-bond donors (Lipinski definition) is 0. The molecule has 0 amide bonds. The minimum absolute atomic E-state index is 0.883. The summed E-state index contributed by atoms with van der Waals surface area (Å²) in [5.74, 6) is 0. The van der Waals surface area contributed by atoms with Crippen molar-refractivity contribution in [2.45, 2.75) is 53.1 Å². The largest absolute Gasteiger partial charge is 0.456 e. The number of benzene rings is 10. The molecule has 0 fully saturated rings. The van der Waals surface area contributed by atoms with Crippen molar-refractivity contribution in [3.05, 3.63) is 217 Å². The van der Waals surface area contributed by atoms with Gasteiger partial charge in [0.1, 0.15) is 11.2 Å². The molecule has 0 N–H and O–H groups in total. The lowest BCUT2D eigenvalue weighted by molar-refractivity contribution is 0.670. The molecule has 11 aromatic rings. The number of rotatable bonds is 10. The molecule has 11 rings (SSSR count). The first-order valence-electron chi connectivity index (χ1n) is 24.2. The van der Waals surface area contributed by atoms with Crippen LogP contribution in [0.15, 0.2) is 211 Å². The van der Waals surface area contributed by atoms with Crippen molar-refractivity contribution < 1.29 is 4.42 Å². The summed E-state index contributed by atoms with van der Waals surface area (Å²) in [5, 5.41) is 9.75. The fourth-order valence-electron chi connectivity index (χ4n) is 10.2. The van der Waals surface area contributed by atoms with Crippen LogP contribution in [-0.4, -0.2) is 16.1 Å². The van der Waals surface area contributed by atoms with E-state index in [2.05, 4.69) is 269 Å². The zero-order chi connectivity index (χ0) is 47.6. The second kappa shape index (κ2) is 17.3. The maximum Gasteiger partial charge on any atom is 0.136 e. The summed E-state index contributed by atoms with van der Waals surface area (Å²) in [6, 6.07) is 76.3. The molecule has 1 aromatic heterocycles. The molecule has 0 radical (unpaired) electrons. The van der Waals surface area contributed by atoms with Crippen molar-refractivity contribution in [3.63, 3.8) is 0 Å². The molecule has 5 heteroatoms. The number of nitrogens with zero attached hydrogens (tertiary/aromatic N) is 2. The van der Waals surface area contributed by atoms with E-state index in [0.29, 0.717) is 0 Å². The first-order chi connectivity index (χ1) is 33.3. The van der Waals surface area contributed by atoms with E-state index in [-0.39, 0.29) is 0 Å². The van der Waals surface area contributed by atoms with E-state index in [1.807, 2.05) is 0 Å². The Bertz CT molecular complexity index is 3450. The molecule has 0 saturated carbocycles. The number of furan rings is 1. The molecule has 0 aliphatic heterocycles. The molecule has 0 aliphatic rings. The number of hydrogen-bond acceptors (Lipinski definition) is 3. The molecule has 1 heterocycles. The van der Waals surface area contributed by atoms with E-state index in [4.69, 9.17) is 4.42 Å². The number of fused-ring (bicyclic) bond motifs is 5. The van der Waals surface area contributed by atoms with Crippen LogP contribution in [0.2, 0.25) is 39.3 Å². The van der Waals surface area contributed by atoms with Gasteiger partial charge in [-0.1, -0.05) is 183 Å². The van der Waals surface area contributed by atoms with Gasteiger partial charge in [0.2, 0.25) is 0 Å². The smallest absolute Gasteiger partial charge is 0.136 e. The molecule has 10 aromatic carbocycles. The predicted octanol–water partition coefficient (Wildman–Crippen LogP) is 17.9. The summed E-state index contributed by atoms with van der Waals surface area (Å²) in [6.45, 7) is 18.9. The lowest BCUT2D eigenvalue weighted by Crippen LogP contribution is -2.37. The van der Waals surface area contributed by atoms with E-state index in [1.165, 1.54) is 65.9 Å². The van der Waals surface area contributed by atoms with E-state index >= 15 is 0 Å². The molecule has 338 valence electrons. The first-order valence-corrected chi connectivity index (χ1v) is 31.2. The third kappa shape index (κ3) is 8.26. The highest BCUT2D eigenvalue weighted by Crippen LogP contribution is 2.46. The molecule has 0 saturated heterocycles. The van der Waals surface area contributed by atoms with E-state index in [9.17, 15) is 0 Å². The zero-order valence-electron chi connectivity index (χ0n) is 40.9. The van der Waals surface area contributed by atoms with Gasteiger partial charge in [0.05, 0.1) is 27.5 Å². The third-order valence-electron chi connectivity index (χ3n) is 13.9. The maximum atomic E-state index is 6.87. The Morgan fingerprint density at radius 1 is 0.333 bits per heavy atom. The van der Waals surface area contributed by atoms with Crippen LogP contribution in [0, 0.1) is 13.8 Å². The Hall–Kier alpha value is -7.45. The number of aryl methyl sites for hydroxylation is 2. The highest BCUT2D eigenvalue weighted by Gasteiger charge is 2.24. The van der Waals surface area contributed by atoms with Crippen molar-refractivity contribution >= 4 is 104 Å². The molecule has 0 spiro atoms. The summed E-state index contributed by atoms with van der Waals surface area (Å²) >= 11 is 0. The monoisotopic (exact) mass is 926 g/mol. The molecule has 0 atom stereocenters. The first kappa shape index (κ1) is 44.1. The summed E-state index contributed by atoms with van der Waals surface area (Å²) in [4.78, 5) is 4.89. The summed E-state index contributed by atoms with van der Waals surface area (Å²) < 4.78 is 6.87. The lowest BCUT2D eigenvalue weighted by Gasteiger charge is -2.30. The van der Waals surface area contributed by atoms with Gasteiger partial charge in [-0.05, 0) is 130 Å². The van der Waals surface area contributed by atoms with Crippen LogP contribution < -0.4 is 20.2 Å². The Kier molecular flexibility index (Phi) is 11.0. The minimum atomic E-state index is -1.51. The Morgan fingerprint density at radius 2 is 0.710 bits per heavy atom. The SMILES string of the molecule is Cc1cccc(-c2ccccc2)c1N(c1ccc([Si](C)(C)C)cc1)c1ccc2cc3c(cc2c1)oc1cc2cc(N(c4ccc([Si](C)(C)C)cc4)c4c(C)cccc4-c4ccccc4)ccc2cc13. The fraction of sp³-hybridized carbons (Fsp3) is 0.125. The second-order valence-corrected chi connectivity index (χ2v) is 31.0. The third-order valence-corrected chi connectivity index (χ3v) is 18.1. The predicted molar refractivity (Wildman–Crippen MR) is 304 cm³/mol. The molecular weight excluding hydrogens is 869 g/mol. The Labute approximate surface area is 408 Å². The van der Waals surface area contributed by atoms with Crippen LogP contribution >= 0.6 is 0 Å². The van der Waals surface area contributed by atoms with Gasteiger partial charge in [-0.3, -0.25) is 0 Å². The van der Waals surface area contributed by atoms with Crippen molar-refractivity contribution in [1.82, 2.24) is 0 Å². The van der Waals surface area contributed by atoms with Gasteiger partial charge in [0, 0.05) is 44.6 Å². The van der Waals surface area contributed by atoms with Gasteiger partial charge in [-0.2, -0.15) is 0 Å². The fourth-order valence-corrected chi connectivity index (χ4v) is 12.5. The normalized spacial score (nSPS) is 12.1. The summed E-state index contributed by atoms with van der Waals surface area (Å²) in [5.41, 5.74) is 15.8. The van der Waals surface area contributed by atoms with Gasteiger partial charge in [0.15, 0.2) is 0 Å². The van der Waals surface area contributed by atoms with Crippen molar-refractivity contribution in [2.75, 3.05) is 9.80 Å². The number of para-hydroxylation sites is 2. The topological polar surface area (TPSA) is 19.6 Å². The van der Waals surface area contributed by atoms with Crippen LogP contribution in [0.25, 0.3) is 65.7 Å². The van der Waals surface area contributed by atoms with Crippen LogP contribution in [0.4, 0.5) is 34.1 Å². The van der Waals surface area contributed by atoms with E-state index in [0.717, 1.165) is 55.5 Å². The minimum Gasteiger partial charge on any atom is -0.456 e. The quantitative estimate of drug-likeness (QED) is 0.127. The van der Waals surface area contributed by atoms with Crippen LogP contribution in [0.5, 0.6) is 0 Å². The van der Waals surface area contributed by atoms with E-state index < -0.39 is 16.1 Å². The second-order valence-electron chi connectivity index (χ2n) is 20.8.